The predicted octanol–water partition coefficient (Wildman–Crippen LogP) is 19.6. The highest BCUT2D eigenvalue weighted by molar-refractivity contribution is 7.47. The van der Waals surface area contributed by atoms with Gasteiger partial charge in [-0.1, -0.05) is 298 Å². The predicted molar refractivity (Wildman–Crippen MR) is 354 cm³/mol. The zero-order chi connectivity index (χ0) is 65.0. The first kappa shape index (κ1) is 86.1. The Kier molecular flexibility index (Phi) is 59.9. The number of ether oxygens (including phenoxy) is 4. The molecule has 0 heterocycles. The van der Waals surface area contributed by atoms with Gasteiger partial charge >= 0.3 is 39.5 Å². The molecule has 0 amide bonds. The van der Waals surface area contributed by atoms with Crippen molar-refractivity contribution in [3.05, 3.63) is 0 Å². The van der Waals surface area contributed by atoms with E-state index < -0.39 is 97.5 Å². The van der Waals surface area contributed by atoms with Gasteiger partial charge in [0.25, 0.3) is 0 Å². The maximum absolute atomic E-state index is 13.0. The van der Waals surface area contributed by atoms with Gasteiger partial charge in [-0.05, 0) is 37.5 Å². The van der Waals surface area contributed by atoms with Crippen LogP contribution in [0.4, 0.5) is 0 Å². The number of esters is 4. The Hall–Kier alpha value is -1.94. The second kappa shape index (κ2) is 61.3. The molecule has 19 heteroatoms. The summed E-state index contributed by atoms with van der Waals surface area (Å²) in [5.41, 5.74) is 0. The van der Waals surface area contributed by atoms with Gasteiger partial charge in [0.05, 0.1) is 26.4 Å². The smallest absolute Gasteiger partial charge is 0.462 e. The molecule has 522 valence electrons. The second-order valence-corrected chi connectivity index (χ2v) is 28.8. The molecule has 0 bridgehead atoms. The van der Waals surface area contributed by atoms with Crippen LogP contribution in [-0.2, 0) is 65.4 Å². The number of carbonyl (C=O) groups excluding carboxylic acids is 4. The van der Waals surface area contributed by atoms with E-state index in [2.05, 4.69) is 41.5 Å². The number of aliphatic hydroxyl groups excluding tert-OH is 1. The fourth-order valence-electron chi connectivity index (χ4n) is 10.4. The number of unbranched alkanes of at least 4 members (excludes halogenated alkanes) is 38. The van der Waals surface area contributed by atoms with E-state index >= 15 is 0 Å². The number of phosphoric ester groups is 2. The summed E-state index contributed by atoms with van der Waals surface area (Å²) in [5.74, 6) is -0.589. The average molecular weight is 1300 g/mol. The van der Waals surface area contributed by atoms with Gasteiger partial charge < -0.3 is 33.8 Å². The summed E-state index contributed by atoms with van der Waals surface area (Å²) in [5, 5.41) is 10.6. The first-order chi connectivity index (χ1) is 42.4. The molecular weight excluding hydrogens is 1160 g/mol. The van der Waals surface area contributed by atoms with Gasteiger partial charge in [-0.15, -0.1) is 0 Å². The molecule has 0 aliphatic carbocycles. The Balaban J connectivity index is 5.24. The third-order valence-corrected chi connectivity index (χ3v) is 17.9. The molecule has 0 aromatic carbocycles. The lowest BCUT2D eigenvalue weighted by Gasteiger charge is -2.21. The Morgan fingerprint density at radius 3 is 0.773 bits per heavy atom. The Morgan fingerprint density at radius 2 is 0.523 bits per heavy atom. The van der Waals surface area contributed by atoms with E-state index in [0.717, 1.165) is 102 Å². The largest absolute Gasteiger partial charge is 0.472 e. The number of rotatable bonds is 68. The van der Waals surface area contributed by atoms with Crippen LogP contribution in [0.25, 0.3) is 0 Å². The Morgan fingerprint density at radius 1 is 0.307 bits per heavy atom. The van der Waals surface area contributed by atoms with Crippen LogP contribution in [0, 0.1) is 11.8 Å². The van der Waals surface area contributed by atoms with Crippen LogP contribution in [0.3, 0.4) is 0 Å². The fraction of sp³-hybridized carbons (Fsp3) is 0.942. The van der Waals surface area contributed by atoms with Crippen molar-refractivity contribution in [1.29, 1.82) is 0 Å². The SMILES string of the molecule is CCCCCCCCCCCCC(=O)OC[C@H](COP(=O)(O)OC[C@H](O)COP(=O)(O)OC[C@@H](COC(=O)CCCCCCCCCCCCCC(C)C)OC(=O)CCCCCCCCCCCCCC(C)C)OC(=O)CCCCCCCCCCCC. The van der Waals surface area contributed by atoms with E-state index in [1.165, 1.54) is 167 Å². The average Bonchev–Trinajstić information content (AvgIpc) is 3.58. The second-order valence-electron chi connectivity index (χ2n) is 25.9. The van der Waals surface area contributed by atoms with Gasteiger partial charge in [-0.2, -0.15) is 0 Å². The van der Waals surface area contributed by atoms with Crippen molar-refractivity contribution in [2.75, 3.05) is 39.6 Å². The quantitative estimate of drug-likeness (QED) is 0.0222. The monoisotopic (exact) mass is 1300 g/mol. The van der Waals surface area contributed by atoms with Crippen molar-refractivity contribution < 1.29 is 80.2 Å². The first-order valence-electron chi connectivity index (χ1n) is 36.0. The summed E-state index contributed by atoms with van der Waals surface area (Å²) in [6.07, 6.45) is 45.7. The molecule has 3 N–H and O–H groups in total. The van der Waals surface area contributed by atoms with Crippen LogP contribution in [0.5, 0.6) is 0 Å². The summed E-state index contributed by atoms with van der Waals surface area (Å²) in [7, 11) is -9.90. The highest BCUT2D eigenvalue weighted by Gasteiger charge is 2.30. The number of carbonyl (C=O) groups is 4. The lowest BCUT2D eigenvalue weighted by molar-refractivity contribution is -0.161. The minimum absolute atomic E-state index is 0.106. The van der Waals surface area contributed by atoms with E-state index in [-0.39, 0.29) is 25.7 Å². The maximum atomic E-state index is 13.0. The Labute approximate surface area is 537 Å². The van der Waals surface area contributed by atoms with Gasteiger partial charge in [-0.3, -0.25) is 37.3 Å². The minimum Gasteiger partial charge on any atom is -0.462 e. The van der Waals surface area contributed by atoms with E-state index in [1.807, 2.05) is 0 Å². The van der Waals surface area contributed by atoms with Crippen molar-refractivity contribution in [1.82, 2.24) is 0 Å². The molecule has 0 saturated heterocycles. The van der Waals surface area contributed by atoms with Crippen molar-refractivity contribution in [3.8, 4) is 0 Å². The number of hydrogen-bond acceptors (Lipinski definition) is 15. The lowest BCUT2D eigenvalue weighted by Crippen LogP contribution is -2.30. The first-order valence-corrected chi connectivity index (χ1v) is 39.0. The molecule has 0 saturated carbocycles. The molecule has 0 radical (unpaired) electrons. The molecule has 0 fully saturated rings. The standard InChI is InChI=1S/C69H134O17P2/c1-7-9-11-13-15-17-27-33-39-45-51-66(71)79-57-64(85-68(73)53-47-41-35-28-18-16-14-12-10-8-2)59-83-87(75,76)81-55-63(70)56-82-88(77,78)84-60-65(86-69(74)54-48-42-36-30-24-20-22-26-32-38-44-50-62(5)6)58-80-67(72)52-46-40-34-29-23-19-21-25-31-37-43-49-61(3)4/h61-65,70H,7-60H2,1-6H3,(H,75,76)(H,77,78)/t63-,64+,65+/m0/s1. The summed E-state index contributed by atoms with van der Waals surface area (Å²) in [6, 6.07) is 0. The molecule has 88 heavy (non-hydrogen) atoms. The van der Waals surface area contributed by atoms with Crippen LogP contribution in [0.15, 0.2) is 0 Å². The van der Waals surface area contributed by atoms with Gasteiger partial charge in [0.2, 0.25) is 0 Å². The normalized spacial score (nSPS) is 14.2. The maximum Gasteiger partial charge on any atom is 0.472 e. The van der Waals surface area contributed by atoms with Crippen molar-refractivity contribution in [3.63, 3.8) is 0 Å². The van der Waals surface area contributed by atoms with Crippen molar-refractivity contribution >= 4 is 39.5 Å². The number of phosphoric acid groups is 2. The molecule has 0 aliphatic heterocycles. The molecule has 0 aliphatic rings. The van der Waals surface area contributed by atoms with E-state index in [0.29, 0.717) is 25.7 Å². The summed E-state index contributed by atoms with van der Waals surface area (Å²) >= 11 is 0. The van der Waals surface area contributed by atoms with Gasteiger partial charge in [-0.25, -0.2) is 9.13 Å². The Bertz CT molecular complexity index is 1720. The molecule has 0 aromatic heterocycles. The third-order valence-electron chi connectivity index (χ3n) is 16.0. The van der Waals surface area contributed by atoms with Crippen LogP contribution in [0.1, 0.15) is 350 Å². The van der Waals surface area contributed by atoms with E-state index in [4.69, 9.17) is 37.0 Å². The van der Waals surface area contributed by atoms with Crippen molar-refractivity contribution in [2.24, 2.45) is 11.8 Å². The fourth-order valence-corrected chi connectivity index (χ4v) is 12.0. The molecule has 0 spiro atoms. The zero-order valence-corrected chi connectivity index (χ0v) is 58.8. The minimum atomic E-state index is -4.95. The summed E-state index contributed by atoms with van der Waals surface area (Å²) in [4.78, 5) is 72.4. The highest BCUT2D eigenvalue weighted by Crippen LogP contribution is 2.45. The van der Waals surface area contributed by atoms with Crippen LogP contribution in [-0.4, -0.2) is 96.7 Å². The summed E-state index contributed by atoms with van der Waals surface area (Å²) in [6.45, 7) is 9.53. The van der Waals surface area contributed by atoms with Crippen LogP contribution < -0.4 is 0 Å². The lowest BCUT2D eigenvalue weighted by atomic mass is 10.0. The molecule has 17 nitrogen and oxygen atoms in total. The highest BCUT2D eigenvalue weighted by atomic mass is 31.2. The molecule has 0 aromatic rings. The molecule has 5 atom stereocenters. The topological polar surface area (TPSA) is 237 Å². The third kappa shape index (κ3) is 62.8. The number of hydrogen-bond donors (Lipinski definition) is 3. The van der Waals surface area contributed by atoms with E-state index in [9.17, 15) is 43.2 Å². The van der Waals surface area contributed by atoms with Gasteiger partial charge in [0.15, 0.2) is 12.2 Å². The molecular formula is C69H134O17P2. The van der Waals surface area contributed by atoms with Crippen LogP contribution in [0.2, 0.25) is 0 Å². The molecule has 2 unspecified atom stereocenters. The summed E-state index contributed by atoms with van der Waals surface area (Å²) < 4.78 is 68.2. The van der Waals surface area contributed by atoms with Crippen molar-refractivity contribution in [2.45, 2.75) is 368 Å². The van der Waals surface area contributed by atoms with Gasteiger partial charge in [0, 0.05) is 25.7 Å². The van der Waals surface area contributed by atoms with Crippen LogP contribution >= 0.6 is 15.6 Å². The number of aliphatic hydroxyl groups is 1. The van der Waals surface area contributed by atoms with E-state index in [1.54, 1.807) is 0 Å². The van der Waals surface area contributed by atoms with Gasteiger partial charge in [0.1, 0.15) is 19.3 Å². The zero-order valence-electron chi connectivity index (χ0n) is 57.0. The molecule has 0 rings (SSSR count).